The SMILES string of the molecule is CC#CC(=O)N[C@@H]1C[C@H]1C. The monoisotopic (exact) mass is 137 g/mol. The topological polar surface area (TPSA) is 29.1 Å². The standard InChI is InChI=1S/C8H11NO/c1-3-4-8(10)9-7-5-6(7)2/h6-7H,5H2,1-2H3,(H,9,10)/t6-,7-/m1/s1. The fourth-order valence-electron chi connectivity index (χ4n) is 0.841. The quantitative estimate of drug-likeness (QED) is 0.525. The summed E-state index contributed by atoms with van der Waals surface area (Å²) in [5, 5.41) is 2.79. The van der Waals surface area contributed by atoms with Gasteiger partial charge in [0.15, 0.2) is 0 Å². The lowest BCUT2D eigenvalue weighted by Gasteiger charge is -1.94. The second-order valence-electron chi connectivity index (χ2n) is 2.67. The Kier molecular flexibility index (Phi) is 1.96. The number of carbonyl (C=O) groups is 1. The van der Waals surface area contributed by atoms with Gasteiger partial charge in [0.2, 0.25) is 0 Å². The normalized spacial score (nSPS) is 28.2. The Balaban J connectivity index is 2.24. The van der Waals surface area contributed by atoms with Gasteiger partial charge in [0.1, 0.15) is 0 Å². The van der Waals surface area contributed by atoms with E-state index >= 15 is 0 Å². The average molecular weight is 137 g/mol. The van der Waals surface area contributed by atoms with Crippen LogP contribution in [0, 0.1) is 17.8 Å². The fourth-order valence-corrected chi connectivity index (χ4v) is 0.841. The summed E-state index contributed by atoms with van der Waals surface area (Å²) in [6, 6.07) is 0.397. The number of hydrogen-bond donors (Lipinski definition) is 1. The van der Waals surface area contributed by atoms with E-state index in [4.69, 9.17) is 0 Å². The maximum absolute atomic E-state index is 10.8. The van der Waals surface area contributed by atoms with E-state index in [1.807, 2.05) is 0 Å². The first kappa shape index (κ1) is 7.14. The molecule has 0 aromatic heterocycles. The molecule has 2 atom stereocenters. The van der Waals surface area contributed by atoms with Crippen molar-refractivity contribution in [1.29, 1.82) is 0 Å². The largest absolute Gasteiger partial charge is 0.342 e. The van der Waals surface area contributed by atoms with Crippen LogP contribution in [0.25, 0.3) is 0 Å². The van der Waals surface area contributed by atoms with Crippen molar-refractivity contribution in [3.8, 4) is 11.8 Å². The summed E-state index contributed by atoms with van der Waals surface area (Å²) in [5.74, 6) is 5.50. The number of amides is 1. The molecule has 1 aliphatic rings. The van der Waals surface area contributed by atoms with Crippen molar-refractivity contribution in [2.24, 2.45) is 5.92 Å². The lowest BCUT2D eigenvalue weighted by atomic mass is 10.4. The summed E-state index contributed by atoms with van der Waals surface area (Å²) >= 11 is 0. The van der Waals surface area contributed by atoms with E-state index in [-0.39, 0.29) is 5.91 Å². The lowest BCUT2D eigenvalue weighted by Crippen LogP contribution is -2.24. The first-order chi connectivity index (χ1) is 4.74. The van der Waals surface area contributed by atoms with Crippen LogP contribution in [0.2, 0.25) is 0 Å². The van der Waals surface area contributed by atoms with E-state index in [0.29, 0.717) is 12.0 Å². The molecule has 0 saturated heterocycles. The molecule has 0 aliphatic heterocycles. The van der Waals surface area contributed by atoms with Gasteiger partial charge in [0.05, 0.1) is 0 Å². The van der Waals surface area contributed by atoms with Gasteiger partial charge in [0.25, 0.3) is 5.91 Å². The van der Waals surface area contributed by atoms with E-state index in [2.05, 4.69) is 24.1 Å². The van der Waals surface area contributed by atoms with Crippen molar-refractivity contribution in [1.82, 2.24) is 5.32 Å². The zero-order valence-corrected chi connectivity index (χ0v) is 6.27. The van der Waals surface area contributed by atoms with Crippen molar-refractivity contribution in [2.75, 3.05) is 0 Å². The molecule has 0 heterocycles. The van der Waals surface area contributed by atoms with Gasteiger partial charge in [-0.25, -0.2) is 0 Å². The Labute approximate surface area is 61.0 Å². The molecule has 2 heteroatoms. The van der Waals surface area contributed by atoms with Crippen molar-refractivity contribution < 1.29 is 4.79 Å². The van der Waals surface area contributed by atoms with Crippen LogP contribution in [0.4, 0.5) is 0 Å². The summed E-state index contributed by atoms with van der Waals surface area (Å²) in [5.41, 5.74) is 0. The van der Waals surface area contributed by atoms with Gasteiger partial charge in [-0.05, 0) is 25.2 Å². The molecule has 1 rings (SSSR count). The smallest absolute Gasteiger partial charge is 0.296 e. The Hall–Kier alpha value is -0.970. The van der Waals surface area contributed by atoms with Gasteiger partial charge in [0, 0.05) is 6.04 Å². The Morgan fingerprint density at radius 3 is 2.70 bits per heavy atom. The molecule has 1 fully saturated rings. The van der Waals surface area contributed by atoms with E-state index in [9.17, 15) is 4.79 Å². The maximum atomic E-state index is 10.8. The molecule has 1 amide bonds. The van der Waals surface area contributed by atoms with E-state index < -0.39 is 0 Å². The summed E-state index contributed by atoms with van der Waals surface area (Å²) in [4.78, 5) is 10.8. The molecule has 0 spiro atoms. The van der Waals surface area contributed by atoms with E-state index in [1.54, 1.807) is 6.92 Å². The van der Waals surface area contributed by atoms with Crippen LogP contribution in [0.3, 0.4) is 0 Å². The van der Waals surface area contributed by atoms with Crippen LogP contribution in [0.1, 0.15) is 20.3 Å². The molecule has 54 valence electrons. The summed E-state index contributed by atoms with van der Waals surface area (Å²) < 4.78 is 0. The highest BCUT2D eigenvalue weighted by molar-refractivity contribution is 5.93. The molecule has 0 unspecified atom stereocenters. The highest BCUT2D eigenvalue weighted by atomic mass is 16.1. The molecular weight excluding hydrogens is 126 g/mol. The maximum Gasteiger partial charge on any atom is 0.296 e. The van der Waals surface area contributed by atoms with Crippen LogP contribution in [0.15, 0.2) is 0 Å². The molecule has 2 nitrogen and oxygen atoms in total. The van der Waals surface area contributed by atoms with Crippen molar-refractivity contribution >= 4 is 5.91 Å². The van der Waals surface area contributed by atoms with Crippen molar-refractivity contribution in [3.05, 3.63) is 0 Å². The van der Waals surface area contributed by atoms with Crippen molar-refractivity contribution in [3.63, 3.8) is 0 Å². The second kappa shape index (κ2) is 2.74. The zero-order chi connectivity index (χ0) is 7.56. The number of nitrogens with one attached hydrogen (secondary N) is 1. The number of rotatable bonds is 1. The number of carbonyl (C=O) groups excluding carboxylic acids is 1. The Bertz CT molecular complexity index is 199. The highest BCUT2D eigenvalue weighted by Crippen LogP contribution is 2.28. The average Bonchev–Trinajstić information content (AvgIpc) is 2.47. The van der Waals surface area contributed by atoms with Crippen LogP contribution < -0.4 is 5.32 Å². The molecule has 10 heavy (non-hydrogen) atoms. The summed E-state index contributed by atoms with van der Waals surface area (Å²) in [6.45, 7) is 3.78. The van der Waals surface area contributed by atoms with Gasteiger partial charge in [-0.2, -0.15) is 0 Å². The van der Waals surface area contributed by atoms with E-state index in [0.717, 1.165) is 6.42 Å². The highest BCUT2D eigenvalue weighted by Gasteiger charge is 2.33. The first-order valence-corrected chi connectivity index (χ1v) is 3.47. The van der Waals surface area contributed by atoms with Gasteiger partial charge < -0.3 is 5.32 Å². The summed E-state index contributed by atoms with van der Waals surface area (Å²) in [6.07, 6.45) is 1.11. The Morgan fingerprint density at radius 1 is 1.70 bits per heavy atom. The molecule has 0 radical (unpaired) electrons. The molecule has 1 aliphatic carbocycles. The van der Waals surface area contributed by atoms with Gasteiger partial charge in [-0.3, -0.25) is 4.79 Å². The van der Waals surface area contributed by atoms with Gasteiger partial charge in [-0.15, -0.1) is 0 Å². The molecular formula is C8H11NO. The Morgan fingerprint density at radius 2 is 2.30 bits per heavy atom. The molecule has 0 bridgehead atoms. The van der Waals surface area contributed by atoms with Crippen LogP contribution in [0.5, 0.6) is 0 Å². The third-order valence-electron chi connectivity index (χ3n) is 1.66. The minimum atomic E-state index is -0.142. The fraction of sp³-hybridized carbons (Fsp3) is 0.625. The molecule has 0 aromatic carbocycles. The van der Waals surface area contributed by atoms with Crippen molar-refractivity contribution in [2.45, 2.75) is 26.3 Å². The second-order valence-corrected chi connectivity index (χ2v) is 2.67. The third kappa shape index (κ3) is 1.77. The van der Waals surface area contributed by atoms with Crippen LogP contribution in [-0.4, -0.2) is 11.9 Å². The predicted molar refractivity (Wildman–Crippen MR) is 39.2 cm³/mol. The first-order valence-electron chi connectivity index (χ1n) is 3.47. The van der Waals surface area contributed by atoms with E-state index in [1.165, 1.54) is 0 Å². The minimum absolute atomic E-state index is 0.142. The summed E-state index contributed by atoms with van der Waals surface area (Å²) in [7, 11) is 0. The zero-order valence-electron chi connectivity index (χ0n) is 6.27. The molecule has 1 saturated carbocycles. The molecule has 0 aromatic rings. The molecule has 1 N–H and O–H groups in total. The number of hydrogen-bond acceptors (Lipinski definition) is 1. The predicted octanol–water partition coefficient (Wildman–Crippen LogP) is 0.534. The minimum Gasteiger partial charge on any atom is -0.342 e. The third-order valence-corrected chi connectivity index (χ3v) is 1.66. The van der Waals surface area contributed by atoms with Gasteiger partial charge >= 0.3 is 0 Å². The van der Waals surface area contributed by atoms with Crippen LogP contribution in [-0.2, 0) is 4.79 Å². The lowest BCUT2D eigenvalue weighted by molar-refractivity contribution is -0.115. The van der Waals surface area contributed by atoms with Crippen LogP contribution >= 0.6 is 0 Å². The van der Waals surface area contributed by atoms with Gasteiger partial charge in [-0.1, -0.05) is 12.8 Å².